The SMILES string of the molecule is CCC(COc1ccc(C#N)cc1)CS(N)(=O)=O. The normalized spacial score (nSPS) is 12.7. The molecular formula is C12H16N2O3S. The lowest BCUT2D eigenvalue weighted by molar-refractivity contribution is 0.257. The van der Waals surface area contributed by atoms with Crippen LogP contribution < -0.4 is 9.88 Å². The van der Waals surface area contributed by atoms with E-state index in [1.165, 1.54) is 0 Å². The minimum Gasteiger partial charge on any atom is -0.493 e. The Morgan fingerprint density at radius 3 is 2.44 bits per heavy atom. The highest BCUT2D eigenvalue weighted by Gasteiger charge is 2.14. The molecule has 1 aromatic rings. The summed E-state index contributed by atoms with van der Waals surface area (Å²) in [5.41, 5.74) is 0.555. The Bertz CT molecular complexity index is 517. The van der Waals surface area contributed by atoms with Gasteiger partial charge in [0.15, 0.2) is 0 Å². The van der Waals surface area contributed by atoms with Crippen LogP contribution in [-0.2, 0) is 10.0 Å². The molecule has 1 aromatic carbocycles. The maximum absolute atomic E-state index is 11.0. The van der Waals surface area contributed by atoms with Gasteiger partial charge in [-0.25, -0.2) is 13.6 Å². The van der Waals surface area contributed by atoms with Gasteiger partial charge in [-0.15, -0.1) is 0 Å². The third-order valence-corrected chi connectivity index (χ3v) is 3.45. The standard InChI is InChI=1S/C12H16N2O3S/c1-2-10(9-18(14,15)16)8-17-12-5-3-11(7-13)4-6-12/h3-6,10H,2,8-9H2,1H3,(H2,14,15,16). The summed E-state index contributed by atoms with van der Waals surface area (Å²) in [6.45, 7) is 2.18. The first kappa shape index (κ1) is 14.5. The Kier molecular flexibility index (Phi) is 5.13. The van der Waals surface area contributed by atoms with Gasteiger partial charge < -0.3 is 4.74 Å². The largest absolute Gasteiger partial charge is 0.493 e. The highest BCUT2D eigenvalue weighted by molar-refractivity contribution is 7.89. The van der Waals surface area contributed by atoms with E-state index in [0.717, 1.165) is 0 Å². The fourth-order valence-corrected chi connectivity index (χ4v) is 2.44. The van der Waals surface area contributed by atoms with Gasteiger partial charge in [0.25, 0.3) is 0 Å². The van der Waals surface area contributed by atoms with Crippen LogP contribution in [0.4, 0.5) is 0 Å². The van der Waals surface area contributed by atoms with Gasteiger partial charge in [0.2, 0.25) is 10.0 Å². The summed E-state index contributed by atoms with van der Waals surface area (Å²) in [5, 5.41) is 13.6. The van der Waals surface area contributed by atoms with Crippen molar-refractivity contribution in [2.45, 2.75) is 13.3 Å². The molecule has 5 nitrogen and oxygen atoms in total. The molecule has 0 heterocycles. The second-order valence-corrected chi connectivity index (χ2v) is 5.71. The molecule has 1 atom stereocenters. The molecule has 18 heavy (non-hydrogen) atoms. The van der Waals surface area contributed by atoms with Crippen LogP contribution in [0.15, 0.2) is 24.3 Å². The molecular weight excluding hydrogens is 252 g/mol. The number of hydrogen-bond donors (Lipinski definition) is 1. The fraction of sp³-hybridized carbons (Fsp3) is 0.417. The van der Waals surface area contributed by atoms with Crippen molar-refractivity contribution >= 4 is 10.0 Å². The molecule has 0 aliphatic carbocycles. The highest BCUT2D eigenvalue weighted by atomic mass is 32.2. The van der Waals surface area contributed by atoms with E-state index in [-0.39, 0.29) is 11.7 Å². The summed E-state index contributed by atoms with van der Waals surface area (Å²) in [7, 11) is -3.47. The fourth-order valence-electron chi connectivity index (χ4n) is 1.45. The number of benzene rings is 1. The Morgan fingerprint density at radius 1 is 1.39 bits per heavy atom. The molecule has 0 aliphatic rings. The first-order valence-electron chi connectivity index (χ1n) is 5.58. The zero-order chi connectivity index (χ0) is 13.6. The van der Waals surface area contributed by atoms with E-state index in [4.69, 9.17) is 15.1 Å². The van der Waals surface area contributed by atoms with Gasteiger partial charge in [0.05, 0.1) is 24.0 Å². The number of nitriles is 1. The van der Waals surface area contributed by atoms with E-state index in [2.05, 4.69) is 0 Å². The number of nitrogens with two attached hydrogens (primary N) is 1. The average molecular weight is 268 g/mol. The van der Waals surface area contributed by atoms with Gasteiger partial charge in [-0.1, -0.05) is 6.92 Å². The highest BCUT2D eigenvalue weighted by Crippen LogP contribution is 2.14. The maximum atomic E-state index is 11.0. The van der Waals surface area contributed by atoms with Crippen LogP contribution >= 0.6 is 0 Å². The minimum absolute atomic E-state index is 0.0836. The van der Waals surface area contributed by atoms with Crippen molar-refractivity contribution in [3.63, 3.8) is 0 Å². The molecule has 0 aliphatic heterocycles. The zero-order valence-corrected chi connectivity index (χ0v) is 11.0. The van der Waals surface area contributed by atoms with Gasteiger partial charge in [-0.05, 0) is 30.7 Å². The van der Waals surface area contributed by atoms with E-state index in [1.54, 1.807) is 24.3 Å². The van der Waals surface area contributed by atoms with Crippen molar-refractivity contribution in [3.05, 3.63) is 29.8 Å². The Balaban J connectivity index is 2.55. The summed E-state index contributed by atoms with van der Waals surface area (Å²) in [5.74, 6) is 0.400. The van der Waals surface area contributed by atoms with E-state index in [1.807, 2.05) is 13.0 Å². The summed E-state index contributed by atoms with van der Waals surface area (Å²) >= 11 is 0. The molecule has 0 fully saturated rings. The van der Waals surface area contributed by atoms with Gasteiger partial charge in [0.1, 0.15) is 5.75 Å². The van der Waals surface area contributed by atoms with Crippen molar-refractivity contribution < 1.29 is 13.2 Å². The summed E-state index contributed by atoms with van der Waals surface area (Å²) in [6.07, 6.45) is 0.673. The molecule has 6 heteroatoms. The molecule has 0 radical (unpaired) electrons. The molecule has 1 rings (SSSR count). The second kappa shape index (κ2) is 6.38. The first-order valence-corrected chi connectivity index (χ1v) is 7.29. The quantitative estimate of drug-likeness (QED) is 0.840. The van der Waals surface area contributed by atoms with Crippen molar-refractivity contribution in [2.24, 2.45) is 11.1 Å². The van der Waals surface area contributed by atoms with Crippen LogP contribution in [0, 0.1) is 17.2 Å². The Labute approximate surface area is 107 Å². The third-order valence-electron chi connectivity index (χ3n) is 2.51. The van der Waals surface area contributed by atoms with Gasteiger partial charge in [-0.2, -0.15) is 5.26 Å². The number of primary sulfonamides is 1. The molecule has 0 saturated carbocycles. The van der Waals surface area contributed by atoms with E-state index >= 15 is 0 Å². The number of sulfonamides is 1. The smallest absolute Gasteiger partial charge is 0.209 e. The topological polar surface area (TPSA) is 93.2 Å². The molecule has 1 unspecified atom stereocenters. The van der Waals surface area contributed by atoms with Gasteiger partial charge in [0, 0.05) is 5.92 Å². The lowest BCUT2D eigenvalue weighted by Crippen LogP contribution is -2.26. The van der Waals surface area contributed by atoms with Crippen LogP contribution in [-0.4, -0.2) is 20.8 Å². The van der Waals surface area contributed by atoms with Crippen molar-refractivity contribution in [3.8, 4) is 11.8 Å². The number of rotatable bonds is 6. The van der Waals surface area contributed by atoms with Crippen LogP contribution in [0.25, 0.3) is 0 Å². The molecule has 98 valence electrons. The number of nitrogens with zero attached hydrogens (tertiary/aromatic N) is 1. The molecule has 2 N–H and O–H groups in total. The summed E-state index contributed by atoms with van der Waals surface area (Å²) < 4.78 is 27.4. The van der Waals surface area contributed by atoms with Gasteiger partial charge in [-0.3, -0.25) is 0 Å². The summed E-state index contributed by atoms with van der Waals surface area (Å²) in [6, 6.07) is 8.67. The Hall–Kier alpha value is -1.58. The monoisotopic (exact) mass is 268 g/mol. The predicted octanol–water partition coefficient (Wildman–Crippen LogP) is 1.25. The van der Waals surface area contributed by atoms with E-state index in [0.29, 0.717) is 24.3 Å². The van der Waals surface area contributed by atoms with Crippen LogP contribution in [0.1, 0.15) is 18.9 Å². The van der Waals surface area contributed by atoms with Crippen molar-refractivity contribution in [1.82, 2.24) is 0 Å². The maximum Gasteiger partial charge on any atom is 0.209 e. The van der Waals surface area contributed by atoms with Crippen LogP contribution in [0.5, 0.6) is 5.75 Å². The van der Waals surface area contributed by atoms with Crippen molar-refractivity contribution in [2.75, 3.05) is 12.4 Å². The minimum atomic E-state index is -3.47. The molecule has 0 aromatic heterocycles. The van der Waals surface area contributed by atoms with Crippen LogP contribution in [0.2, 0.25) is 0 Å². The molecule has 0 amide bonds. The molecule has 0 saturated heterocycles. The molecule has 0 spiro atoms. The van der Waals surface area contributed by atoms with E-state index in [9.17, 15) is 8.42 Å². The average Bonchev–Trinajstić information content (AvgIpc) is 2.33. The van der Waals surface area contributed by atoms with E-state index < -0.39 is 10.0 Å². The van der Waals surface area contributed by atoms with Crippen LogP contribution in [0.3, 0.4) is 0 Å². The molecule has 0 bridgehead atoms. The predicted molar refractivity (Wildman–Crippen MR) is 68.4 cm³/mol. The van der Waals surface area contributed by atoms with Gasteiger partial charge >= 0.3 is 0 Å². The second-order valence-electron chi connectivity index (χ2n) is 4.05. The Morgan fingerprint density at radius 2 is 2.00 bits per heavy atom. The number of hydrogen-bond acceptors (Lipinski definition) is 4. The lowest BCUT2D eigenvalue weighted by atomic mass is 10.1. The zero-order valence-electron chi connectivity index (χ0n) is 10.2. The third kappa shape index (κ3) is 5.17. The first-order chi connectivity index (χ1) is 8.44. The van der Waals surface area contributed by atoms with Crippen molar-refractivity contribution in [1.29, 1.82) is 5.26 Å². The summed E-state index contributed by atoms with van der Waals surface area (Å²) in [4.78, 5) is 0. The lowest BCUT2D eigenvalue weighted by Gasteiger charge is -2.14. The number of ether oxygens (including phenoxy) is 1.